The van der Waals surface area contributed by atoms with Gasteiger partial charge in [-0.05, 0) is 5.56 Å². The fourth-order valence-electron chi connectivity index (χ4n) is 0.968. The second-order valence-electron chi connectivity index (χ2n) is 2.75. The molecule has 0 aliphatic rings. The zero-order valence-electron chi connectivity index (χ0n) is 8.42. The molecule has 74 valence electrons. The summed E-state index contributed by atoms with van der Waals surface area (Å²) < 4.78 is 5.42. The molecule has 0 atom stereocenters. The minimum absolute atomic E-state index is 0.723. The summed E-state index contributed by atoms with van der Waals surface area (Å²) in [7, 11) is 0. The fraction of sp³-hybridized carbons (Fsp3) is 0.364. The van der Waals surface area contributed by atoms with Crippen LogP contribution >= 0.6 is 13.6 Å². The monoisotopic (exact) mass is 306 g/mol. The SMILES string of the molecule is [CH2-]CCCOCc1ccccc1.[Zn+][Br]. The van der Waals surface area contributed by atoms with Crippen LogP contribution in [0.25, 0.3) is 0 Å². The van der Waals surface area contributed by atoms with Gasteiger partial charge in [-0.1, -0.05) is 36.8 Å². The second-order valence-corrected chi connectivity index (χ2v) is 2.75. The Hall–Kier alpha value is 0.283. The van der Waals surface area contributed by atoms with Gasteiger partial charge in [0.2, 0.25) is 0 Å². The van der Waals surface area contributed by atoms with Gasteiger partial charge in [0.05, 0.1) is 6.61 Å². The molecule has 3 heteroatoms. The van der Waals surface area contributed by atoms with Gasteiger partial charge < -0.3 is 11.7 Å². The van der Waals surface area contributed by atoms with Gasteiger partial charge in [-0.15, -0.1) is 0 Å². The van der Waals surface area contributed by atoms with Crippen molar-refractivity contribution < 1.29 is 21.1 Å². The Morgan fingerprint density at radius 2 is 1.86 bits per heavy atom. The first-order valence-corrected chi connectivity index (χ1v) is 11.6. The molecule has 14 heavy (non-hydrogen) atoms. The van der Waals surface area contributed by atoms with Crippen molar-refractivity contribution in [2.24, 2.45) is 0 Å². The third-order valence-electron chi connectivity index (χ3n) is 1.65. The van der Waals surface area contributed by atoms with E-state index in [-0.39, 0.29) is 0 Å². The maximum absolute atomic E-state index is 5.42. The Bertz CT molecular complexity index is 204. The van der Waals surface area contributed by atoms with Crippen LogP contribution in [0, 0.1) is 6.92 Å². The molecule has 0 amide bonds. The minimum atomic E-state index is 0.723. The summed E-state index contributed by atoms with van der Waals surface area (Å²) in [5.74, 6) is 0. The normalized spacial score (nSPS) is 9.14. The standard InChI is InChI=1S/C11H15O.BrH.Zn/c1-2-3-9-12-10-11-7-5-4-6-8-11;;/h4-8H,1-3,9-10H2;1H;/q-1;;+2/p-1. The number of unbranched alkanes of at least 4 members (excludes halogenated alkanes) is 1. The average molecular weight is 309 g/mol. The van der Waals surface area contributed by atoms with Crippen molar-refractivity contribution in [3.63, 3.8) is 0 Å². The van der Waals surface area contributed by atoms with E-state index in [1.807, 2.05) is 18.2 Å². The molecule has 1 nitrogen and oxygen atoms in total. The van der Waals surface area contributed by atoms with Gasteiger partial charge in [-0.2, -0.15) is 6.42 Å². The zero-order chi connectivity index (χ0) is 10.6. The predicted octanol–water partition coefficient (Wildman–Crippen LogP) is 3.66. The van der Waals surface area contributed by atoms with Gasteiger partial charge in [0.15, 0.2) is 0 Å². The predicted molar refractivity (Wildman–Crippen MR) is 59.6 cm³/mol. The number of hydrogen-bond donors (Lipinski definition) is 0. The van der Waals surface area contributed by atoms with E-state index in [2.05, 4.69) is 32.7 Å². The fourth-order valence-corrected chi connectivity index (χ4v) is 0.968. The van der Waals surface area contributed by atoms with Crippen LogP contribution in [0.15, 0.2) is 30.3 Å². The third-order valence-corrected chi connectivity index (χ3v) is 1.65. The van der Waals surface area contributed by atoms with Crippen molar-refractivity contribution in [1.82, 2.24) is 0 Å². The van der Waals surface area contributed by atoms with Crippen molar-refractivity contribution in [2.45, 2.75) is 19.4 Å². The topological polar surface area (TPSA) is 9.23 Å². The molecule has 0 saturated carbocycles. The molecule has 0 aromatic heterocycles. The molecular formula is C11H15BrOZn. The molecule has 0 fully saturated rings. The molecule has 1 aromatic rings. The van der Waals surface area contributed by atoms with Gasteiger partial charge in [0.1, 0.15) is 0 Å². The summed E-state index contributed by atoms with van der Waals surface area (Å²) in [5, 5.41) is 0. The summed E-state index contributed by atoms with van der Waals surface area (Å²) in [4.78, 5) is 0. The molecule has 0 radical (unpaired) electrons. The van der Waals surface area contributed by atoms with E-state index in [1.54, 1.807) is 0 Å². The van der Waals surface area contributed by atoms with Crippen LogP contribution in [0.4, 0.5) is 0 Å². The molecule has 0 bridgehead atoms. The number of hydrogen-bond acceptors (Lipinski definition) is 1. The molecule has 1 rings (SSSR count). The van der Waals surface area contributed by atoms with Crippen molar-refractivity contribution >= 4 is 13.6 Å². The van der Waals surface area contributed by atoms with Gasteiger partial charge in [-0.25, -0.2) is 0 Å². The quantitative estimate of drug-likeness (QED) is 0.458. The molecular weight excluding hydrogens is 293 g/mol. The number of ether oxygens (including phenoxy) is 1. The Labute approximate surface area is 103 Å². The summed E-state index contributed by atoms with van der Waals surface area (Å²) in [5.41, 5.74) is 1.24. The van der Waals surface area contributed by atoms with E-state index < -0.39 is 0 Å². The second kappa shape index (κ2) is 11.4. The Balaban J connectivity index is 0.000000791. The van der Waals surface area contributed by atoms with Crippen LogP contribution in [0.5, 0.6) is 0 Å². The van der Waals surface area contributed by atoms with Crippen LogP contribution in [0.1, 0.15) is 18.4 Å². The molecule has 1 aromatic carbocycles. The van der Waals surface area contributed by atoms with Crippen molar-refractivity contribution in [2.75, 3.05) is 6.61 Å². The van der Waals surface area contributed by atoms with Gasteiger partial charge >= 0.3 is 30.0 Å². The van der Waals surface area contributed by atoms with Crippen molar-refractivity contribution in [3.05, 3.63) is 42.8 Å². The first-order valence-electron chi connectivity index (χ1n) is 4.61. The first-order chi connectivity index (χ1) is 6.93. The molecule has 0 spiro atoms. The Morgan fingerprint density at radius 3 is 2.43 bits per heavy atom. The van der Waals surface area contributed by atoms with E-state index in [4.69, 9.17) is 4.74 Å². The molecule has 0 heterocycles. The number of benzene rings is 1. The van der Waals surface area contributed by atoms with E-state index in [0.29, 0.717) is 0 Å². The van der Waals surface area contributed by atoms with Crippen molar-refractivity contribution in [1.29, 1.82) is 0 Å². The molecule has 0 saturated heterocycles. The molecule has 0 aliphatic carbocycles. The third kappa shape index (κ3) is 7.67. The van der Waals surface area contributed by atoms with E-state index >= 15 is 0 Å². The van der Waals surface area contributed by atoms with Gasteiger partial charge in [-0.3, -0.25) is 0 Å². The van der Waals surface area contributed by atoms with Crippen LogP contribution in [0.2, 0.25) is 0 Å². The Kier molecular flexibility index (Phi) is 11.6. The number of halogens is 1. The van der Waals surface area contributed by atoms with Gasteiger partial charge in [0.25, 0.3) is 0 Å². The Morgan fingerprint density at radius 1 is 1.21 bits per heavy atom. The zero-order valence-corrected chi connectivity index (χ0v) is 13.0. The molecule has 0 N–H and O–H groups in total. The van der Waals surface area contributed by atoms with E-state index in [1.165, 1.54) is 21.9 Å². The van der Waals surface area contributed by atoms with E-state index in [9.17, 15) is 0 Å². The summed E-state index contributed by atoms with van der Waals surface area (Å²) in [6.45, 7) is 5.29. The summed E-state index contributed by atoms with van der Waals surface area (Å²) >= 11 is 4.25. The van der Waals surface area contributed by atoms with E-state index in [0.717, 1.165) is 26.1 Å². The maximum atomic E-state index is 5.42. The van der Waals surface area contributed by atoms with Crippen LogP contribution < -0.4 is 0 Å². The molecule has 0 unspecified atom stereocenters. The summed E-state index contributed by atoms with van der Waals surface area (Å²) in [6, 6.07) is 10.2. The van der Waals surface area contributed by atoms with Gasteiger partial charge in [0, 0.05) is 6.61 Å². The van der Waals surface area contributed by atoms with Crippen LogP contribution in [0.3, 0.4) is 0 Å². The average Bonchev–Trinajstić information content (AvgIpc) is 2.29. The molecule has 0 aliphatic heterocycles. The van der Waals surface area contributed by atoms with Crippen molar-refractivity contribution in [3.8, 4) is 0 Å². The summed E-state index contributed by atoms with van der Waals surface area (Å²) in [6.07, 6.45) is 2.00. The van der Waals surface area contributed by atoms with Crippen LogP contribution in [-0.4, -0.2) is 6.61 Å². The first kappa shape index (κ1) is 14.3. The number of rotatable bonds is 5. The van der Waals surface area contributed by atoms with Crippen LogP contribution in [-0.2, 0) is 27.7 Å².